The van der Waals surface area contributed by atoms with Crippen molar-refractivity contribution in [1.29, 1.82) is 0 Å². The topological polar surface area (TPSA) is 61.8 Å². The first-order valence-electron chi connectivity index (χ1n) is 27.4. The predicted molar refractivity (Wildman–Crippen MR) is 265 cm³/mol. The van der Waals surface area contributed by atoms with Crippen LogP contribution in [0.2, 0.25) is 0 Å². The van der Waals surface area contributed by atoms with E-state index in [4.69, 9.17) is 14.2 Å². The lowest BCUT2D eigenvalue weighted by atomic mass is 10.0. The van der Waals surface area contributed by atoms with Crippen molar-refractivity contribution in [2.24, 2.45) is 0 Å². The van der Waals surface area contributed by atoms with E-state index in [0.717, 1.165) is 38.5 Å². The highest BCUT2D eigenvalue weighted by molar-refractivity contribution is 5.70. The Morgan fingerprint density at radius 1 is 0.361 bits per heavy atom. The summed E-state index contributed by atoms with van der Waals surface area (Å²) in [6, 6.07) is 0. The van der Waals surface area contributed by atoms with Gasteiger partial charge in [-0.1, -0.05) is 257 Å². The molecule has 0 amide bonds. The van der Waals surface area contributed by atoms with Crippen LogP contribution in [0.5, 0.6) is 0 Å². The van der Waals surface area contributed by atoms with Crippen molar-refractivity contribution in [2.75, 3.05) is 19.8 Å². The maximum Gasteiger partial charge on any atom is 0.306 e. The quantitative estimate of drug-likeness (QED) is 0.0346. The lowest BCUT2D eigenvalue weighted by Gasteiger charge is -2.18. The van der Waals surface area contributed by atoms with Crippen molar-refractivity contribution >= 4 is 11.9 Å². The summed E-state index contributed by atoms with van der Waals surface area (Å²) in [5, 5.41) is 0. The molecule has 0 fully saturated rings. The number of hydrogen-bond donors (Lipinski definition) is 0. The van der Waals surface area contributed by atoms with Crippen LogP contribution in [0.4, 0.5) is 0 Å². The maximum absolute atomic E-state index is 12.8. The molecular formula is C56H106O5. The monoisotopic (exact) mass is 859 g/mol. The molecule has 360 valence electrons. The molecule has 0 rings (SSSR count). The zero-order chi connectivity index (χ0) is 44.2. The van der Waals surface area contributed by atoms with E-state index in [1.54, 1.807) is 0 Å². The number of ether oxygens (including phenoxy) is 3. The third-order valence-electron chi connectivity index (χ3n) is 12.2. The van der Waals surface area contributed by atoms with Crippen molar-refractivity contribution in [3.63, 3.8) is 0 Å². The van der Waals surface area contributed by atoms with E-state index in [2.05, 4.69) is 45.1 Å². The van der Waals surface area contributed by atoms with Crippen LogP contribution >= 0.6 is 0 Å². The van der Waals surface area contributed by atoms with Gasteiger partial charge in [-0.25, -0.2) is 0 Å². The number of unbranched alkanes of at least 4 members (excludes halogenated alkanes) is 36. The number of hydrogen-bond acceptors (Lipinski definition) is 5. The molecule has 5 heteroatoms. The summed E-state index contributed by atoms with van der Waals surface area (Å²) in [5.41, 5.74) is 0. The minimum Gasteiger partial charge on any atom is -0.462 e. The molecule has 0 aromatic carbocycles. The van der Waals surface area contributed by atoms with E-state index in [1.807, 2.05) is 0 Å². The van der Waals surface area contributed by atoms with Crippen LogP contribution in [-0.2, 0) is 23.8 Å². The van der Waals surface area contributed by atoms with E-state index < -0.39 is 6.10 Å². The van der Waals surface area contributed by atoms with Crippen LogP contribution in [0.15, 0.2) is 24.3 Å². The van der Waals surface area contributed by atoms with Crippen molar-refractivity contribution in [3.05, 3.63) is 24.3 Å². The van der Waals surface area contributed by atoms with E-state index >= 15 is 0 Å². The number of esters is 2. The van der Waals surface area contributed by atoms with Gasteiger partial charge >= 0.3 is 11.9 Å². The molecule has 1 atom stereocenters. The standard InChI is InChI=1S/C56H106O5/c1-4-7-10-13-16-19-22-25-27-29-30-32-35-37-40-43-46-49-55(57)60-53-54(61-56(58)50-47-44-41-38-34-24-21-18-15-12-9-6-3)52-59-51-48-45-42-39-36-33-31-28-26-23-20-17-14-11-8-5-2/h16,19,25,27,54H,4-15,17-18,20-24,26,28-53H2,1-3H3/b19-16-,27-25-/t54-/m1/s1. The third-order valence-corrected chi connectivity index (χ3v) is 12.2. The SMILES string of the molecule is CCCCC/C=C\C/C=C\CCCCCCCCCC(=O)OC[C@@H](COCCCCCCCCCCCCCCCCCC)OC(=O)CCCCCCCCCCCCCC. The average Bonchev–Trinajstić information content (AvgIpc) is 3.26. The summed E-state index contributed by atoms with van der Waals surface area (Å²) in [7, 11) is 0. The number of carbonyl (C=O) groups is 2. The molecule has 0 unspecified atom stereocenters. The second kappa shape index (κ2) is 52.7. The fourth-order valence-corrected chi connectivity index (χ4v) is 8.13. The lowest BCUT2D eigenvalue weighted by Crippen LogP contribution is -2.30. The molecule has 0 saturated carbocycles. The summed E-state index contributed by atoms with van der Waals surface area (Å²) in [5.74, 6) is -0.386. The Balaban J connectivity index is 4.20. The summed E-state index contributed by atoms with van der Waals surface area (Å²) >= 11 is 0. The van der Waals surface area contributed by atoms with E-state index in [9.17, 15) is 9.59 Å². The predicted octanol–water partition coefficient (Wildman–Crippen LogP) is 18.4. The van der Waals surface area contributed by atoms with Gasteiger partial charge in [0.05, 0.1) is 6.61 Å². The molecule has 0 spiro atoms. The molecule has 0 aromatic rings. The first kappa shape index (κ1) is 59.4. The molecule has 0 aliphatic carbocycles. The lowest BCUT2D eigenvalue weighted by molar-refractivity contribution is -0.163. The van der Waals surface area contributed by atoms with Gasteiger partial charge in [0, 0.05) is 19.4 Å². The highest BCUT2D eigenvalue weighted by Gasteiger charge is 2.17. The smallest absolute Gasteiger partial charge is 0.306 e. The molecular weight excluding hydrogens is 753 g/mol. The molecule has 0 radical (unpaired) electrons. The van der Waals surface area contributed by atoms with Gasteiger partial charge in [0.15, 0.2) is 6.10 Å². The van der Waals surface area contributed by atoms with Crippen LogP contribution < -0.4 is 0 Å². The van der Waals surface area contributed by atoms with Gasteiger partial charge in [-0.3, -0.25) is 9.59 Å². The Kier molecular flexibility index (Phi) is 51.3. The third kappa shape index (κ3) is 50.9. The Morgan fingerprint density at radius 3 is 1.11 bits per heavy atom. The fourth-order valence-electron chi connectivity index (χ4n) is 8.13. The zero-order valence-electron chi connectivity index (χ0n) is 41.5. The van der Waals surface area contributed by atoms with E-state index in [1.165, 1.54) is 225 Å². The number of carbonyl (C=O) groups excluding carboxylic acids is 2. The average molecular weight is 859 g/mol. The Morgan fingerprint density at radius 2 is 0.689 bits per heavy atom. The maximum atomic E-state index is 12.8. The highest BCUT2D eigenvalue weighted by atomic mass is 16.6. The van der Waals surface area contributed by atoms with Gasteiger partial charge in [-0.2, -0.15) is 0 Å². The summed E-state index contributed by atoms with van der Waals surface area (Å²) in [6.45, 7) is 7.86. The molecule has 0 saturated heterocycles. The van der Waals surface area contributed by atoms with Crippen molar-refractivity contribution in [1.82, 2.24) is 0 Å². The largest absolute Gasteiger partial charge is 0.462 e. The zero-order valence-corrected chi connectivity index (χ0v) is 41.5. The van der Waals surface area contributed by atoms with Crippen molar-refractivity contribution in [2.45, 2.75) is 303 Å². The normalized spacial score (nSPS) is 12.2. The second-order valence-electron chi connectivity index (χ2n) is 18.5. The van der Waals surface area contributed by atoms with Crippen molar-refractivity contribution < 1.29 is 23.8 Å². The Labute approximate surface area is 381 Å². The minimum absolute atomic E-state index is 0.0890. The fraction of sp³-hybridized carbons (Fsp3) is 0.893. The van der Waals surface area contributed by atoms with Crippen LogP contribution in [0.1, 0.15) is 297 Å². The van der Waals surface area contributed by atoms with Gasteiger partial charge in [0.25, 0.3) is 0 Å². The molecule has 0 aliphatic rings. The number of rotatable bonds is 51. The number of allylic oxidation sites excluding steroid dienone is 4. The Hall–Kier alpha value is -1.62. The summed E-state index contributed by atoms with van der Waals surface area (Å²) in [6.07, 6.45) is 61.8. The summed E-state index contributed by atoms with van der Waals surface area (Å²) in [4.78, 5) is 25.4. The first-order valence-corrected chi connectivity index (χ1v) is 27.4. The van der Waals surface area contributed by atoms with Crippen LogP contribution in [0, 0.1) is 0 Å². The molecule has 0 bridgehead atoms. The highest BCUT2D eigenvalue weighted by Crippen LogP contribution is 2.16. The van der Waals surface area contributed by atoms with E-state index in [0.29, 0.717) is 26.1 Å². The molecule has 0 heterocycles. The second-order valence-corrected chi connectivity index (χ2v) is 18.5. The van der Waals surface area contributed by atoms with Gasteiger partial charge < -0.3 is 14.2 Å². The molecule has 61 heavy (non-hydrogen) atoms. The van der Waals surface area contributed by atoms with Gasteiger partial charge in [-0.05, 0) is 51.4 Å². The molecule has 5 nitrogen and oxygen atoms in total. The molecule has 0 aliphatic heterocycles. The summed E-state index contributed by atoms with van der Waals surface area (Å²) < 4.78 is 17.4. The first-order chi connectivity index (χ1) is 30.1. The van der Waals surface area contributed by atoms with Gasteiger partial charge in [-0.15, -0.1) is 0 Å². The molecule has 0 aromatic heterocycles. The van der Waals surface area contributed by atoms with Crippen molar-refractivity contribution in [3.8, 4) is 0 Å². The Bertz CT molecular complexity index is 928. The minimum atomic E-state index is -0.531. The molecule has 0 N–H and O–H groups in total. The van der Waals surface area contributed by atoms with Gasteiger partial charge in [0.1, 0.15) is 6.61 Å². The van der Waals surface area contributed by atoms with Crippen LogP contribution in [0.25, 0.3) is 0 Å². The van der Waals surface area contributed by atoms with Crippen LogP contribution in [-0.4, -0.2) is 37.9 Å². The van der Waals surface area contributed by atoms with Gasteiger partial charge in [0.2, 0.25) is 0 Å². The van der Waals surface area contributed by atoms with E-state index in [-0.39, 0.29) is 18.5 Å². The van der Waals surface area contributed by atoms with Crippen LogP contribution in [0.3, 0.4) is 0 Å².